The van der Waals surface area contributed by atoms with E-state index in [2.05, 4.69) is 20.2 Å². The first-order valence-corrected chi connectivity index (χ1v) is 11.4. The summed E-state index contributed by atoms with van der Waals surface area (Å²) < 4.78 is 44.1. The Labute approximate surface area is 180 Å². The van der Waals surface area contributed by atoms with Crippen LogP contribution in [0.5, 0.6) is 11.8 Å². The Bertz CT molecular complexity index is 1020. The molecule has 1 fully saturated rings. The van der Waals surface area contributed by atoms with E-state index in [0.29, 0.717) is 24.6 Å². The van der Waals surface area contributed by atoms with Crippen molar-refractivity contribution in [1.29, 1.82) is 0 Å². The molecular formula is C20H25N3O7S. The van der Waals surface area contributed by atoms with Crippen LogP contribution in [0.3, 0.4) is 0 Å². The van der Waals surface area contributed by atoms with Crippen molar-refractivity contribution >= 4 is 10.3 Å². The number of ether oxygens (including phenoxy) is 3. The first-order valence-electron chi connectivity index (χ1n) is 9.93. The summed E-state index contributed by atoms with van der Waals surface area (Å²) in [5, 5.41) is 15.0. The summed E-state index contributed by atoms with van der Waals surface area (Å²) in [4.78, 5) is 8.31. The Kier molecular flexibility index (Phi) is 6.39. The first kappa shape index (κ1) is 21.9. The normalized spacial score (nSPS) is 27.8. The van der Waals surface area contributed by atoms with E-state index >= 15 is 0 Å². The fourth-order valence-corrected chi connectivity index (χ4v) is 4.50. The summed E-state index contributed by atoms with van der Waals surface area (Å²) in [5.74, 6) is 0.246. The van der Waals surface area contributed by atoms with E-state index in [4.69, 9.17) is 19.3 Å². The second-order valence-corrected chi connectivity index (χ2v) is 8.95. The topological polar surface area (TPSA) is 143 Å². The standard InChI is InChI=1S/C20H25N3O7S/c1-27-17-7-12-4-2-3-5-15(12)20(17)30-19-9-18(22-11-23-19)29-14-6-13(16(24)8-14)10-28-31(21,25)26/h2-5,9,11,13-14,16-17,20,24H,6-8,10H2,1H3,(H2,21,25,26)/t13-,14+,16-,17+,20-/m0/s1. The molecule has 1 aromatic carbocycles. The number of nitrogens with zero attached hydrogens (tertiary/aromatic N) is 2. The molecule has 0 saturated heterocycles. The highest BCUT2D eigenvalue weighted by Crippen LogP contribution is 2.37. The van der Waals surface area contributed by atoms with Crippen molar-refractivity contribution < 1.29 is 31.9 Å². The van der Waals surface area contributed by atoms with E-state index in [9.17, 15) is 13.5 Å². The van der Waals surface area contributed by atoms with Crippen molar-refractivity contribution in [3.8, 4) is 11.8 Å². The van der Waals surface area contributed by atoms with Gasteiger partial charge < -0.3 is 19.3 Å². The molecule has 4 rings (SSSR count). The minimum absolute atomic E-state index is 0.124. The van der Waals surface area contributed by atoms with Crippen LogP contribution >= 0.6 is 0 Å². The predicted octanol–water partition coefficient (Wildman–Crippen LogP) is 0.906. The van der Waals surface area contributed by atoms with Gasteiger partial charge in [-0.1, -0.05) is 24.3 Å². The molecule has 0 bridgehead atoms. The van der Waals surface area contributed by atoms with Gasteiger partial charge in [-0.15, -0.1) is 0 Å². The van der Waals surface area contributed by atoms with E-state index in [1.165, 1.54) is 11.9 Å². The van der Waals surface area contributed by atoms with Crippen molar-refractivity contribution in [2.24, 2.45) is 11.1 Å². The van der Waals surface area contributed by atoms with Crippen LogP contribution in [0.1, 0.15) is 30.1 Å². The van der Waals surface area contributed by atoms with Crippen LogP contribution in [0.2, 0.25) is 0 Å². The second-order valence-electron chi connectivity index (χ2n) is 7.73. The largest absolute Gasteiger partial charge is 0.474 e. The van der Waals surface area contributed by atoms with Gasteiger partial charge >= 0.3 is 10.3 Å². The average molecular weight is 452 g/mol. The van der Waals surface area contributed by atoms with Crippen LogP contribution in [0.4, 0.5) is 0 Å². The van der Waals surface area contributed by atoms with Gasteiger partial charge in [0.2, 0.25) is 11.8 Å². The molecule has 0 radical (unpaired) electrons. The molecule has 2 aliphatic rings. The molecule has 168 valence electrons. The number of aliphatic hydroxyl groups excluding tert-OH is 1. The lowest BCUT2D eigenvalue weighted by atomic mass is 10.1. The van der Waals surface area contributed by atoms with Gasteiger partial charge in [-0.25, -0.2) is 15.1 Å². The third-order valence-corrected chi connectivity index (χ3v) is 6.10. The number of nitrogens with two attached hydrogens (primary N) is 1. The van der Waals surface area contributed by atoms with E-state index in [0.717, 1.165) is 12.0 Å². The quantitative estimate of drug-likeness (QED) is 0.598. The Morgan fingerprint density at radius 3 is 2.65 bits per heavy atom. The Hall–Kier alpha value is -2.31. The van der Waals surface area contributed by atoms with Crippen molar-refractivity contribution in [3.05, 3.63) is 47.8 Å². The van der Waals surface area contributed by atoms with Crippen molar-refractivity contribution in [2.45, 2.75) is 43.7 Å². The molecule has 31 heavy (non-hydrogen) atoms. The number of fused-ring (bicyclic) bond motifs is 1. The van der Waals surface area contributed by atoms with E-state index in [1.807, 2.05) is 18.2 Å². The molecule has 1 heterocycles. The molecule has 0 amide bonds. The smallest absolute Gasteiger partial charge is 0.333 e. The highest BCUT2D eigenvalue weighted by molar-refractivity contribution is 7.84. The number of hydrogen-bond donors (Lipinski definition) is 2. The molecular weight excluding hydrogens is 426 g/mol. The van der Waals surface area contributed by atoms with Gasteiger partial charge in [0.25, 0.3) is 0 Å². The van der Waals surface area contributed by atoms with Crippen LogP contribution < -0.4 is 14.6 Å². The molecule has 10 nitrogen and oxygen atoms in total. The minimum Gasteiger partial charge on any atom is -0.474 e. The highest BCUT2D eigenvalue weighted by atomic mass is 32.2. The lowest BCUT2D eigenvalue weighted by Crippen LogP contribution is -2.24. The summed E-state index contributed by atoms with van der Waals surface area (Å²) in [5.41, 5.74) is 2.24. The predicted molar refractivity (Wildman–Crippen MR) is 109 cm³/mol. The molecule has 0 unspecified atom stereocenters. The number of hydrogen-bond acceptors (Lipinski definition) is 9. The average Bonchev–Trinajstić information content (AvgIpc) is 3.26. The monoisotopic (exact) mass is 451 g/mol. The van der Waals surface area contributed by atoms with Crippen molar-refractivity contribution in [3.63, 3.8) is 0 Å². The van der Waals surface area contributed by atoms with Crippen LogP contribution in [-0.4, -0.2) is 55.5 Å². The number of rotatable bonds is 8. The summed E-state index contributed by atoms with van der Waals surface area (Å²) in [6, 6.07) is 9.61. The molecule has 2 aliphatic carbocycles. The van der Waals surface area contributed by atoms with Gasteiger partial charge in [0, 0.05) is 25.9 Å². The molecule has 0 spiro atoms. The van der Waals surface area contributed by atoms with E-state index in [-0.39, 0.29) is 24.9 Å². The van der Waals surface area contributed by atoms with Crippen LogP contribution in [-0.2, 0) is 25.6 Å². The molecule has 11 heteroatoms. The Morgan fingerprint density at radius 1 is 1.16 bits per heavy atom. The number of methoxy groups -OCH3 is 1. The van der Waals surface area contributed by atoms with E-state index in [1.54, 1.807) is 13.2 Å². The third-order valence-electron chi connectivity index (χ3n) is 5.64. The van der Waals surface area contributed by atoms with Gasteiger partial charge in [-0.3, -0.25) is 4.18 Å². The first-order chi connectivity index (χ1) is 14.8. The van der Waals surface area contributed by atoms with Gasteiger partial charge in [0.05, 0.1) is 18.8 Å². The SMILES string of the molecule is CO[C@@H]1Cc2ccccc2[C@@H]1Oc1cc(O[C@@H]2C[C@@H](COS(N)(=O)=O)[C@@H](O)C2)ncn1. The number of aliphatic hydroxyl groups is 1. The second kappa shape index (κ2) is 9.05. The molecule has 5 atom stereocenters. The fourth-order valence-electron chi connectivity index (χ4n) is 4.13. The molecule has 3 N–H and O–H groups in total. The zero-order chi connectivity index (χ0) is 22.0. The number of benzene rings is 1. The third kappa shape index (κ3) is 5.31. The van der Waals surface area contributed by atoms with Gasteiger partial charge in [0.15, 0.2) is 6.10 Å². The van der Waals surface area contributed by atoms with Crippen LogP contribution in [0, 0.1) is 5.92 Å². The van der Waals surface area contributed by atoms with Gasteiger partial charge in [-0.2, -0.15) is 8.42 Å². The Balaban J connectivity index is 1.40. The maximum atomic E-state index is 11.0. The summed E-state index contributed by atoms with van der Waals surface area (Å²) in [6.07, 6.45) is 1.29. The van der Waals surface area contributed by atoms with Gasteiger partial charge in [0.1, 0.15) is 18.5 Å². The maximum Gasteiger partial charge on any atom is 0.333 e. The highest BCUT2D eigenvalue weighted by Gasteiger charge is 2.36. The summed E-state index contributed by atoms with van der Waals surface area (Å²) in [7, 11) is -2.40. The van der Waals surface area contributed by atoms with Gasteiger partial charge in [-0.05, 0) is 17.5 Å². The fraction of sp³-hybridized carbons (Fsp3) is 0.500. The lowest BCUT2D eigenvalue weighted by molar-refractivity contribution is 0.0107. The zero-order valence-corrected chi connectivity index (χ0v) is 17.8. The maximum absolute atomic E-state index is 11.0. The minimum atomic E-state index is -4.06. The van der Waals surface area contributed by atoms with E-state index < -0.39 is 22.3 Å². The molecule has 1 aromatic heterocycles. The lowest BCUT2D eigenvalue weighted by Gasteiger charge is -2.20. The summed E-state index contributed by atoms with van der Waals surface area (Å²) in [6.45, 7) is -0.197. The van der Waals surface area contributed by atoms with Crippen LogP contribution in [0.15, 0.2) is 36.7 Å². The van der Waals surface area contributed by atoms with Crippen molar-refractivity contribution in [2.75, 3.05) is 13.7 Å². The summed E-state index contributed by atoms with van der Waals surface area (Å²) >= 11 is 0. The molecule has 0 aliphatic heterocycles. The number of aromatic nitrogens is 2. The molecule has 1 saturated carbocycles. The Morgan fingerprint density at radius 2 is 1.90 bits per heavy atom. The zero-order valence-electron chi connectivity index (χ0n) is 17.0. The molecule has 2 aromatic rings. The van der Waals surface area contributed by atoms with Crippen LogP contribution in [0.25, 0.3) is 0 Å². The van der Waals surface area contributed by atoms with Crippen molar-refractivity contribution in [1.82, 2.24) is 9.97 Å².